The highest BCUT2D eigenvalue weighted by Crippen LogP contribution is 2.25. The summed E-state index contributed by atoms with van der Waals surface area (Å²) >= 11 is 3.40. The Balaban J connectivity index is 2.98. The molecule has 2 N–H and O–H groups in total. The fourth-order valence-corrected chi connectivity index (χ4v) is 2.59. The van der Waals surface area contributed by atoms with E-state index >= 15 is 0 Å². The largest absolute Gasteiger partial charge is 0.398 e. The van der Waals surface area contributed by atoms with E-state index in [9.17, 15) is 4.79 Å². The summed E-state index contributed by atoms with van der Waals surface area (Å²) in [6, 6.07) is 5.53. The summed E-state index contributed by atoms with van der Waals surface area (Å²) in [7, 11) is 4.01. The highest BCUT2D eigenvalue weighted by molar-refractivity contribution is 9.10. The second-order valence-electron chi connectivity index (χ2n) is 4.91. The number of rotatable bonds is 5. The lowest BCUT2D eigenvalue weighted by atomic mass is 10.1. The zero-order valence-electron chi connectivity index (χ0n) is 12.0. The highest BCUT2D eigenvalue weighted by Gasteiger charge is 2.22. The zero-order chi connectivity index (χ0) is 14.6. The number of hydrogen-bond acceptors (Lipinski definition) is 3. The van der Waals surface area contributed by atoms with Crippen molar-refractivity contribution < 1.29 is 4.79 Å². The fourth-order valence-electron chi connectivity index (χ4n) is 2.15. The van der Waals surface area contributed by atoms with Gasteiger partial charge in [-0.3, -0.25) is 4.79 Å². The van der Waals surface area contributed by atoms with Crippen molar-refractivity contribution >= 4 is 27.5 Å². The molecule has 0 saturated heterocycles. The molecule has 1 aromatic carbocycles. The van der Waals surface area contributed by atoms with Crippen LogP contribution in [0.5, 0.6) is 0 Å². The molecule has 0 bridgehead atoms. The predicted octanol–water partition coefficient (Wildman–Crippen LogP) is 2.44. The van der Waals surface area contributed by atoms with Crippen LogP contribution in [0.4, 0.5) is 5.69 Å². The van der Waals surface area contributed by atoms with Gasteiger partial charge in [-0.05, 0) is 56.0 Å². The van der Waals surface area contributed by atoms with Gasteiger partial charge in [-0.15, -0.1) is 0 Å². The molecule has 1 amide bonds. The van der Waals surface area contributed by atoms with E-state index in [0.717, 1.165) is 6.54 Å². The Morgan fingerprint density at radius 2 is 2.05 bits per heavy atom. The average Bonchev–Trinajstić information content (AvgIpc) is 2.32. The van der Waals surface area contributed by atoms with Crippen molar-refractivity contribution in [2.75, 3.05) is 32.9 Å². The first-order valence-corrected chi connectivity index (χ1v) is 7.17. The van der Waals surface area contributed by atoms with Crippen LogP contribution in [0.2, 0.25) is 0 Å². The van der Waals surface area contributed by atoms with E-state index < -0.39 is 0 Å². The van der Waals surface area contributed by atoms with Gasteiger partial charge in [0.1, 0.15) is 0 Å². The summed E-state index contributed by atoms with van der Waals surface area (Å²) in [5, 5.41) is 0. The number of carbonyl (C=O) groups is 1. The van der Waals surface area contributed by atoms with Crippen LogP contribution in [-0.4, -0.2) is 48.9 Å². The van der Waals surface area contributed by atoms with E-state index in [0.29, 0.717) is 22.3 Å². The minimum Gasteiger partial charge on any atom is -0.398 e. The molecule has 0 aromatic heterocycles. The molecule has 4 nitrogen and oxygen atoms in total. The van der Waals surface area contributed by atoms with Crippen LogP contribution in [0.25, 0.3) is 0 Å². The number of amides is 1. The van der Waals surface area contributed by atoms with Gasteiger partial charge in [-0.1, -0.05) is 6.07 Å². The summed E-state index contributed by atoms with van der Waals surface area (Å²) in [6.45, 7) is 5.56. The molecule has 0 aliphatic carbocycles. The first-order chi connectivity index (χ1) is 8.88. The van der Waals surface area contributed by atoms with Crippen LogP contribution < -0.4 is 5.73 Å². The molecule has 1 unspecified atom stereocenters. The van der Waals surface area contributed by atoms with Crippen LogP contribution in [0.1, 0.15) is 24.2 Å². The average molecular weight is 328 g/mol. The maximum absolute atomic E-state index is 12.6. The van der Waals surface area contributed by atoms with Gasteiger partial charge in [0.25, 0.3) is 5.91 Å². The molecule has 0 aliphatic rings. The van der Waals surface area contributed by atoms with Crippen LogP contribution in [0, 0.1) is 0 Å². The minimum atomic E-state index is 0.0102. The number of benzene rings is 1. The second kappa shape index (κ2) is 6.91. The van der Waals surface area contributed by atoms with Gasteiger partial charge in [0.15, 0.2) is 0 Å². The van der Waals surface area contributed by atoms with E-state index in [4.69, 9.17) is 5.73 Å². The molecule has 0 saturated carbocycles. The third kappa shape index (κ3) is 3.94. The van der Waals surface area contributed by atoms with Crippen molar-refractivity contribution in [3.63, 3.8) is 0 Å². The molecule has 1 rings (SSSR count). The maximum Gasteiger partial charge on any atom is 0.255 e. The topological polar surface area (TPSA) is 49.6 Å². The molecule has 19 heavy (non-hydrogen) atoms. The highest BCUT2D eigenvalue weighted by atomic mass is 79.9. The lowest BCUT2D eigenvalue weighted by Gasteiger charge is -2.30. The molecule has 0 spiro atoms. The Bertz CT molecular complexity index is 448. The van der Waals surface area contributed by atoms with Gasteiger partial charge in [0, 0.05) is 24.8 Å². The molecular weight excluding hydrogens is 306 g/mol. The molecule has 1 aromatic rings. The monoisotopic (exact) mass is 327 g/mol. The van der Waals surface area contributed by atoms with Gasteiger partial charge < -0.3 is 15.5 Å². The smallest absolute Gasteiger partial charge is 0.255 e. The molecule has 0 fully saturated rings. The number of nitrogens with two attached hydrogens (primary N) is 1. The number of anilines is 1. The summed E-state index contributed by atoms with van der Waals surface area (Å²) in [6.07, 6.45) is 0. The molecule has 0 radical (unpaired) electrons. The van der Waals surface area contributed by atoms with Gasteiger partial charge in [-0.2, -0.15) is 0 Å². The number of carbonyl (C=O) groups excluding carboxylic acids is 1. The Morgan fingerprint density at radius 1 is 1.42 bits per heavy atom. The first kappa shape index (κ1) is 16.0. The van der Waals surface area contributed by atoms with E-state index in [1.807, 2.05) is 25.9 Å². The normalized spacial score (nSPS) is 12.5. The SMILES string of the molecule is CCN(C(=O)c1cccc(N)c1Br)C(C)CN(C)C. The number of nitrogen functional groups attached to an aromatic ring is 1. The maximum atomic E-state index is 12.6. The number of likely N-dealkylation sites (N-methyl/N-ethyl adjacent to an activating group) is 2. The van der Waals surface area contributed by atoms with Gasteiger partial charge in [-0.25, -0.2) is 0 Å². The van der Waals surface area contributed by atoms with Gasteiger partial charge in [0.2, 0.25) is 0 Å². The first-order valence-electron chi connectivity index (χ1n) is 6.38. The van der Waals surface area contributed by atoms with Crippen LogP contribution in [-0.2, 0) is 0 Å². The Labute approximate surface area is 123 Å². The Hall–Kier alpha value is -1.07. The van der Waals surface area contributed by atoms with Crippen LogP contribution in [0.15, 0.2) is 22.7 Å². The third-order valence-corrected chi connectivity index (χ3v) is 3.91. The van der Waals surface area contributed by atoms with Crippen LogP contribution >= 0.6 is 15.9 Å². The summed E-state index contributed by atoms with van der Waals surface area (Å²) < 4.78 is 0.676. The second-order valence-corrected chi connectivity index (χ2v) is 5.70. The standard InChI is InChI=1S/C14H22BrN3O/c1-5-18(10(2)9-17(3)4)14(19)11-7-6-8-12(16)13(11)15/h6-8,10H,5,9,16H2,1-4H3. The minimum absolute atomic E-state index is 0.0102. The van der Waals surface area contributed by atoms with Crippen molar-refractivity contribution in [1.29, 1.82) is 0 Å². The molecule has 5 heteroatoms. The summed E-state index contributed by atoms with van der Waals surface area (Å²) in [4.78, 5) is 16.5. The quantitative estimate of drug-likeness (QED) is 0.845. The Morgan fingerprint density at radius 3 is 2.58 bits per heavy atom. The fraction of sp³-hybridized carbons (Fsp3) is 0.500. The number of halogens is 1. The number of nitrogens with zero attached hydrogens (tertiary/aromatic N) is 2. The summed E-state index contributed by atoms with van der Waals surface area (Å²) in [5.74, 6) is 0.0102. The van der Waals surface area contributed by atoms with Crippen LogP contribution in [0.3, 0.4) is 0 Å². The van der Waals surface area contributed by atoms with E-state index in [2.05, 4.69) is 27.8 Å². The van der Waals surface area contributed by atoms with Crippen molar-refractivity contribution in [3.8, 4) is 0 Å². The van der Waals surface area contributed by atoms with Crippen molar-refractivity contribution in [2.24, 2.45) is 0 Å². The van der Waals surface area contributed by atoms with Gasteiger partial charge >= 0.3 is 0 Å². The summed E-state index contributed by atoms with van der Waals surface area (Å²) in [5.41, 5.74) is 7.03. The predicted molar refractivity (Wildman–Crippen MR) is 83.3 cm³/mol. The Kier molecular flexibility index (Phi) is 5.82. The third-order valence-electron chi connectivity index (χ3n) is 3.02. The molecular formula is C14H22BrN3O. The molecule has 0 heterocycles. The lowest BCUT2D eigenvalue weighted by Crippen LogP contribution is -2.43. The molecule has 106 valence electrons. The van der Waals surface area contributed by atoms with E-state index in [-0.39, 0.29) is 11.9 Å². The van der Waals surface area contributed by atoms with Crippen molar-refractivity contribution in [3.05, 3.63) is 28.2 Å². The van der Waals surface area contributed by atoms with Crippen molar-refractivity contribution in [2.45, 2.75) is 19.9 Å². The zero-order valence-corrected chi connectivity index (χ0v) is 13.6. The number of hydrogen-bond donors (Lipinski definition) is 1. The van der Waals surface area contributed by atoms with E-state index in [1.54, 1.807) is 18.2 Å². The lowest BCUT2D eigenvalue weighted by molar-refractivity contribution is 0.0678. The molecule has 0 aliphatic heterocycles. The molecule has 1 atom stereocenters. The van der Waals surface area contributed by atoms with Crippen molar-refractivity contribution in [1.82, 2.24) is 9.80 Å². The van der Waals surface area contributed by atoms with Gasteiger partial charge in [0.05, 0.1) is 10.0 Å². The van der Waals surface area contributed by atoms with E-state index in [1.165, 1.54) is 0 Å².